The molecule has 0 saturated carbocycles. The molecule has 6 rings (SSSR count). The number of amides is 2. The van der Waals surface area contributed by atoms with E-state index in [1.807, 2.05) is 0 Å². The first-order valence-corrected chi connectivity index (χ1v) is 17.2. The van der Waals surface area contributed by atoms with Crippen LogP contribution >= 0.6 is 47.0 Å². The molecule has 6 heterocycles. The van der Waals surface area contributed by atoms with Crippen LogP contribution in [0.5, 0.6) is 0 Å². The second-order valence-electron chi connectivity index (χ2n) is 9.85. The summed E-state index contributed by atoms with van der Waals surface area (Å²) in [4.78, 5) is 101. The molecule has 244 valence electrons. The molecule has 0 spiro atoms. The number of thioether (sulfide) groups is 4. The van der Waals surface area contributed by atoms with Gasteiger partial charge < -0.3 is 19.8 Å². The van der Waals surface area contributed by atoms with Gasteiger partial charge in [0.2, 0.25) is 11.8 Å². The van der Waals surface area contributed by atoms with Crippen molar-refractivity contribution in [1.82, 2.24) is 39.3 Å². The summed E-state index contributed by atoms with van der Waals surface area (Å²) in [7, 11) is 3.08. The van der Waals surface area contributed by atoms with E-state index in [1.54, 1.807) is 0 Å². The number of aliphatic carboxylic acids is 2. The summed E-state index contributed by atoms with van der Waals surface area (Å²) < 4.78 is 2.63. The standard InChI is InChI=1S/2C12H12N4O5S2.2Na/c2*1-15-12(13-7(17)8(18)14-15)23-4-5-9(19)16-6(11(20)21)2-3-22-10(5)16;;/h2*2,5,10H,3-4H2,1H3,(H,14,18)(H,20,21);;/q;;2*+1/p-2/t2*5?,10-;;/m00../s1. The van der Waals surface area contributed by atoms with Gasteiger partial charge in [-0.15, -0.1) is 23.5 Å². The minimum Gasteiger partial charge on any atom is -0.543 e. The van der Waals surface area contributed by atoms with Gasteiger partial charge in [0.1, 0.15) is 0 Å². The molecule has 0 aromatic carbocycles. The number of nitrogens with zero attached hydrogens (tertiary/aromatic N) is 6. The molecule has 2 unspecified atom stereocenters. The Labute approximate surface area is 330 Å². The van der Waals surface area contributed by atoms with Gasteiger partial charge in [0.15, 0.2) is 10.3 Å². The Kier molecular flexibility index (Phi) is 14.1. The zero-order valence-corrected chi connectivity index (χ0v) is 33.0. The van der Waals surface area contributed by atoms with Crippen LogP contribution in [-0.4, -0.2) is 96.8 Å². The van der Waals surface area contributed by atoms with Crippen molar-refractivity contribution in [2.75, 3.05) is 23.0 Å². The number of hydrogen-bond donors (Lipinski definition) is 2. The number of H-pyrrole nitrogens is 2. The maximum atomic E-state index is 12.2. The fourth-order valence-electron chi connectivity index (χ4n) is 4.77. The Hall–Kier alpha value is -2.02. The maximum Gasteiger partial charge on any atom is 1.00 e. The van der Waals surface area contributed by atoms with Gasteiger partial charge in [0, 0.05) is 37.1 Å². The maximum absolute atomic E-state index is 12.2. The van der Waals surface area contributed by atoms with Crippen LogP contribution in [0.25, 0.3) is 0 Å². The van der Waals surface area contributed by atoms with Crippen LogP contribution in [0.3, 0.4) is 0 Å². The molecule has 2 amide bonds. The van der Waals surface area contributed by atoms with Crippen LogP contribution in [0.15, 0.2) is 53.0 Å². The normalized spacial score (nSPS) is 22.1. The van der Waals surface area contributed by atoms with Crippen molar-refractivity contribution in [3.63, 3.8) is 0 Å². The summed E-state index contributed by atoms with van der Waals surface area (Å²) in [6.07, 6.45) is 2.93. The Morgan fingerprint density at radius 1 is 0.750 bits per heavy atom. The number of carboxylic acids is 2. The number of carbonyl (C=O) groups excluding carboxylic acids is 4. The van der Waals surface area contributed by atoms with Crippen molar-refractivity contribution in [3.05, 3.63) is 65.0 Å². The molecule has 48 heavy (non-hydrogen) atoms. The van der Waals surface area contributed by atoms with E-state index in [0.29, 0.717) is 23.0 Å². The Bertz CT molecular complexity index is 1810. The zero-order valence-electron chi connectivity index (χ0n) is 25.7. The van der Waals surface area contributed by atoms with Crippen molar-refractivity contribution in [3.8, 4) is 0 Å². The number of aryl methyl sites for hydroxylation is 2. The monoisotopic (exact) mass is 756 g/mol. The van der Waals surface area contributed by atoms with Crippen LogP contribution in [-0.2, 0) is 33.3 Å². The number of aromatic nitrogens is 6. The van der Waals surface area contributed by atoms with Crippen LogP contribution in [0.4, 0.5) is 0 Å². The van der Waals surface area contributed by atoms with Crippen molar-refractivity contribution in [2.45, 2.75) is 21.1 Å². The van der Waals surface area contributed by atoms with Crippen LogP contribution in [0.2, 0.25) is 0 Å². The first kappa shape index (κ1) is 40.4. The summed E-state index contributed by atoms with van der Waals surface area (Å²) in [5.41, 5.74) is -3.57. The molecule has 2 fully saturated rings. The number of carbonyl (C=O) groups is 4. The molecule has 0 radical (unpaired) electrons. The number of aromatic amines is 2. The average molecular weight is 757 g/mol. The van der Waals surface area contributed by atoms with Gasteiger partial charge in [-0.25, -0.2) is 0 Å². The Morgan fingerprint density at radius 3 is 1.44 bits per heavy atom. The van der Waals surface area contributed by atoms with E-state index in [-0.39, 0.29) is 115 Å². The third kappa shape index (κ3) is 8.13. The molecule has 2 aromatic rings. The average Bonchev–Trinajstić information content (AvgIpc) is 3.01. The predicted octanol–water partition coefficient (Wildman–Crippen LogP) is -10.5. The molecule has 4 atom stereocenters. The minimum absolute atomic E-state index is 0. The van der Waals surface area contributed by atoms with Gasteiger partial charge >= 0.3 is 81.4 Å². The van der Waals surface area contributed by atoms with Crippen molar-refractivity contribution in [1.29, 1.82) is 0 Å². The molecule has 4 aliphatic heterocycles. The largest absolute Gasteiger partial charge is 1.00 e. The molecule has 2 N–H and O–H groups in total. The number of β-lactam (4-membered cyclic amide) rings is 2. The molecule has 18 nitrogen and oxygen atoms in total. The SMILES string of the molecule is Cn1[nH]c(=O)c(=O)nc1SCC1C(=O)N2C(C(=O)[O-])=CCS[C@@H]12.Cn1[nH]c(=O)c(=O)nc1SCC1C(=O)N2C(C(=O)[O-])=CCS[C@@H]12.[Na+].[Na+]. The molecule has 4 aliphatic rings. The van der Waals surface area contributed by atoms with E-state index in [9.17, 15) is 48.6 Å². The van der Waals surface area contributed by atoms with E-state index < -0.39 is 34.2 Å². The number of nitrogens with one attached hydrogen (secondary N) is 2. The molecule has 24 heteroatoms. The number of fused-ring (bicyclic) bond motifs is 2. The summed E-state index contributed by atoms with van der Waals surface area (Å²) in [6, 6.07) is 0. The summed E-state index contributed by atoms with van der Waals surface area (Å²) in [5.74, 6) is -2.41. The molecular weight excluding hydrogens is 735 g/mol. The number of hydrogen-bond acceptors (Lipinski definition) is 16. The second-order valence-corrected chi connectivity index (χ2v) is 14.1. The molecule has 2 aromatic heterocycles. The summed E-state index contributed by atoms with van der Waals surface area (Å²) >= 11 is 5.26. The van der Waals surface area contributed by atoms with E-state index in [1.165, 1.54) is 68.9 Å². The third-order valence-corrected chi connectivity index (χ3v) is 11.8. The molecule has 0 aliphatic carbocycles. The Balaban J connectivity index is 0.000000250. The van der Waals surface area contributed by atoms with Crippen molar-refractivity contribution >= 4 is 70.8 Å². The second kappa shape index (κ2) is 16.8. The van der Waals surface area contributed by atoms with Crippen molar-refractivity contribution < 1.29 is 88.5 Å². The molecule has 2 saturated heterocycles. The third-order valence-electron chi connectivity index (χ3n) is 7.01. The van der Waals surface area contributed by atoms with E-state index in [0.717, 1.165) is 23.5 Å². The summed E-state index contributed by atoms with van der Waals surface area (Å²) in [5, 5.41) is 26.8. The van der Waals surface area contributed by atoms with Crippen LogP contribution in [0, 0.1) is 11.8 Å². The van der Waals surface area contributed by atoms with E-state index in [4.69, 9.17) is 0 Å². The first-order valence-electron chi connectivity index (χ1n) is 13.1. The molecule has 0 bridgehead atoms. The fourth-order valence-corrected chi connectivity index (χ4v) is 9.62. The number of carboxylic acid groups (broad SMARTS) is 2. The van der Waals surface area contributed by atoms with E-state index in [2.05, 4.69) is 20.2 Å². The minimum atomic E-state index is -1.36. The van der Waals surface area contributed by atoms with Gasteiger partial charge in [-0.1, -0.05) is 23.5 Å². The fraction of sp³-hybridized carbons (Fsp3) is 0.417. The Morgan fingerprint density at radius 2 is 1.10 bits per heavy atom. The first-order chi connectivity index (χ1) is 21.8. The smallest absolute Gasteiger partial charge is 0.543 e. The van der Waals surface area contributed by atoms with Crippen LogP contribution in [0.1, 0.15) is 0 Å². The zero-order chi connectivity index (χ0) is 33.4. The molecular formula is C24H22N8Na2O10S4. The van der Waals surface area contributed by atoms with Gasteiger partial charge in [-0.2, -0.15) is 9.97 Å². The van der Waals surface area contributed by atoms with Gasteiger partial charge in [0.05, 0.1) is 45.9 Å². The predicted molar refractivity (Wildman–Crippen MR) is 161 cm³/mol. The van der Waals surface area contributed by atoms with Gasteiger partial charge in [0.25, 0.3) is 0 Å². The topological polar surface area (TPSA) is 256 Å². The summed E-state index contributed by atoms with van der Waals surface area (Å²) in [6.45, 7) is 0. The van der Waals surface area contributed by atoms with Crippen molar-refractivity contribution in [2.24, 2.45) is 25.9 Å². The van der Waals surface area contributed by atoms with Gasteiger partial charge in [-0.3, -0.25) is 58.1 Å². The quantitative estimate of drug-likeness (QED) is 0.110. The number of rotatable bonds is 8. The van der Waals surface area contributed by atoms with Crippen LogP contribution < -0.4 is 91.6 Å². The van der Waals surface area contributed by atoms with E-state index >= 15 is 0 Å². The van der Waals surface area contributed by atoms with Gasteiger partial charge in [-0.05, 0) is 12.2 Å².